The van der Waals surface area contributed by atoms with Crippen molar-refractivity contribution < 1.29 is 4.39 Å². The molecule has 3 rings (SSSR count). The maximum absolute atomic E-state index is 14.5. The fraction of sp³-hybridized carbons (Fsp3) is 1.00. The molecule has 1 saturated carbocycles. The molecule has 3 fully saturated rings. The van der Waals surface area contributed by atoms with Crippen LogP contribution in [0.3, 0.4) is 0 Å². The van der Waals surface area contributed by atoms with Crippen molar-refractivity contribution in [2.24, 2.45) is 5.92 Å². The average Bonchev–Trinajstić information content (AvgIpc) is 2.25. The van der Waals surface area contributed by atoms with Gasteiger partial charge in [-0.1, -0.05) is 6.42 Å². The molecule has 3 aliphatic rings. The Morgan fingerprint density at radius 1 is 1.00 bits per heavy atom. The number of hydrogen-bond donors (Lipinski definition) is 1. The zero-order valence-corrected chi connectivity index (χ0v) is 8.06. The molecule has 0 amide bonds. The minimum Gasteiger partial charge on any atom is -0.311 e. The molecule has 1 aliphatic carbocycles. The highest BCUT2D eigenvalue weighted by molar-refractivity contribution is 5.04. The fourth-order valence-corrected chi connectivity index (χ4v) is 3.39. The predicted octanol–water partition coefficient (Wildman–Crippen LogP) is 2.41. The van der Waals surface area contributed by atoms with Gasteiger partial charge in [-0.2, -0.15) is 0 Å². The summed E-state index contributed by atoms with van der Waals surface area (Å²) in [7, 11) is 0. The van der Waals surface area contributed by atoms with Gasteiger partial charge in [0.2, 0.25) is 0 Å². The third-order valence-corrected chi connectivity index (χ3v) is 4.34. The molecule has 1 N–H and O–H groups in total. The maximum Gasteiger partial charge on any atom is 0.116 e. The lowest BCUT2D eigenvalue weighted by atomic mass is 9.68. The van der Waals surface area contributed by atoms with Gasteiger partial charge in [0.25, 0.3) is 0 Å². The van der Waals surface area contributed by atoms with Gasteiger partial charge in [0.1, 0.15) is 5.67 Å². The van der Waals surface area contributed by atoms with Crippen molar-refractivity contribution in [3.8, 4) is 0 Å². The zero-order valence-electron chi connectivity index (χ0n) is 8.06. The van der Waals surface area contributed by atoms with Gasteiger partial charge in [-0.15, -0.1) is 0 Å². The quantitative estimate of drug-likeness (QED) is 0.658. The van der Waals surface area contributed by atoms with E-state index in [0.717, 1.165) is 25.7 Å². The summed E-state index contributed by atoms with van der Waals surface area (Å²) in [6.45, 7) is 0. The molecule has 13 heavy (non-hydrogen) atoms. The Morgan fingerprint density at radius 2 is 1.62 bits per heavy atom. The Hall–Kier alpha value is -0.110. The monoisotopic (exact) mass is 183 g/mol. The summed E-state index contributed by atoms with van der Waals surface area (Å²) in [5.41, 5.74) is -0.782. The predicted molar refractivity (Wildman–Crippen MR) is 50.4 cm³/mol. The van der Waals surface area contributed by atoms with Crippen molar-refractivity contribution in [3.63, 3.8) is 0 Å². The molecule has 2 bridgehead atoms. The van der Waals surface area contributed by atoms with Gasteiger partial charge in [-0.25, -0.2) is 4.39 Å². The van der Waals surface area contributed by atoms with E-state index >= 15 is 0 Å². The molecule has 2 unspecified atom stereocenters. The molecule has 0 radical (unpaired) electrons. The van der Waals surface area contributed by atoms with Crippen molar-refractivity contribution >= 4 is 0 Å². The highest BCUT2D eigenvalue weighted by atomic mass is 19.1. The summed E-state index contributed by atoms with van der Waals surface area (Å²) >= 11 is 0. The van der Waals surface area contributed by atoms with E-state index in [0.29, 0.717) is 18.0 Å². The topological polar surface area (TPSA) is 12.0 Å². The molecule has 2 heterocycles. The number of halogens is 1. The third-order valence-electron chi connectivity index (χ3n) is 4.34. The Bertz CT molecular complexity index is 200. The highest BCUT2D eigenvalue weighted by Gasteiger charge is 2.49. The second-order valence-corrected chi connectivity index (χ2v) is 5.21. The van der Waals surface area contributed by atoms with Crippen LogP contribution in [0.4, 0.5) is 4.39 Å². The SMILES string of the molecule is FC1(C2CCC2)CC2CCC(C1)N2. The van der Waals surface area contributed by atoms with Crippen LogP contribution in [0.25, 0.3) is 0 Å². The Balaban J connectivity index is 1.76. The summed E-state index contributed by atoms with van der Waals surface area (Å²) in [6, 6.07) is 1.01. The lowest BCUT2D eigenvalue weighted by molar-refractivity contribution is -0.0107. The smallest absolute Gasteiger partial charge is 0.116 e. The van der Waals surface area contributed by atoms with Crippen LogP contribution in [-0.2, 0) is 0 Å². The lowest BCUT2D eigenvalue weighted by Crippen LogP contribution is -2.51. The van der Waals surface area contributed by atoms with E-state index in [4.69, 9.17) is 0 Å². The van der Waals surface area contributed by atoms with Crippen LogP contribution in [0.5, 0.6) is 0 Å². The molecule has 0 aromatic carbocycles. The van der Waals surface area contributed by atoms with Gasteiger partial charge in [0, 0.05) is 12.1 Å². The van der Waals surface area contributed by atoms with Crippen molar-refractivity contribution in [2.45, 2.75) is 62.7 Å². The van der Waals surface area contributed by atoms with Crippen LogP contribution in [0.15, 0.2) is 0 Å². The van der Waals surface area contributed by atoms with Crippen LogP contribution in [0.2, 0.25) is 0 Å². The number of fused-ring (bicyclic) bond motifs is 2. The molecule has 0 spiro atoms. The molecule has 2 saturated heterocycles. The van der Waals surface area contributed by atoms with Gasteiger partial charge in [0.05, 0.1) is 0 Å². The second-order valence-electron chi connectivity index (χ2n) is 5.21. The van der Waals surface area contributed by atoms with Crippen LogP contribution in [0.1, 0.15) is 44.9 Å². The Kier molecular flexibility index (Phi) is 1.70. The van der Waals surface area contributed by atoms with Crippen LogP contribution < -0.4 is 5.32 Å². The van der Waals surface area contributed by atoms with Gasteiger partial charge in [-0.3, -0.25) is 0 Å². The average molecular weight is 183 g/mol. The van der Waals surface area contributed by atoms with Gasteiger partial charge in [0.15, 0.2) is 0 Å². The maximum atomic E-state index is 14.5. The number of hydrogen-bond acceptors (Lipinski definition) is 1. The molecular weight excluding hydrogens is 165 g/mol. The van der Waals surface area contributed by atoms with Gasteiger partial charge < -0.3 is 5.32 Å². The van der Waals surface area contributed by atoms with E-state index in [1.807, 2.05) is 0 Å². The summed E-state index contributed by atoms with van der Waals surface area (Å²) in [6.07, 6.45) is 7.58. The molecule has 2 aliphatic heterocycles. The first kappa shape index (κ1) is 8.22. The van der Waals surface area contributed by atoms with E-state index in [9.17, 15) is 4.39 Å². The largest absolute Gasteiger partial charge is 0.311 e. The van der Waals surface area contributed by atoms with Crippen LogP contribution in [0, 0.1) is 5.92 Å². The summed E-state index contributed by atoms with van der Waals surface area (Å²) in [5.74, 6) is 0.415. The molecule has 74 valence electrons. The van der Waals surface area contributed by atoms with Crippen molar-refractivity contribution in [1.29, 1.82) is 0 Å². The van der Waals surface area contributed by atoms with Crippen LogP contribution in [-0.4, -0.2) is 17.8 Å². The molecule has 2 heteroatoms. The first-order valence-electron chi connectivity index (χ1n) is 5.71. The van der Waals surface area contributed by atoms with Crippen molar-refractivity contribution in [2.75, 3.05) is 0 Å². The fourth-order valence-electron chi connectivity index (χ4n) is 3.39. The standard InChI is InChI=1S/C11H18FN/c12-11(8-2-1-3-8)6-9-4-5-10(7-11)13-9/h8-10,13H,1-7H2. The van der Waals surface area contributed by atoms with E-state index in [1.54, 1.807) is 0 Å². The molecular formula is C11H18FN. The Labute approximate surface area is 79.1 Å². The number of nitrogens with one attached hydrogen (secondary N) is 1. The summed E-state index contributed by atoms with van der Waals surface area (Å²) < 4.78 is 14.5. The molecule has 1 nitrogen and oxygen atoms in total. The molecule has 2 atom stereocenters. The zero-order chi connectivity index (χ0) is 8.89. The van der Waals surface area contributed by atoms with E-state index in [-0.39, 0.29) is 0 Å². The highest BCUT2D eigenvalue weighted by Crippen LogP contribution is 2.48. The molecule has 0 aromatic heterocycles. The number of alkyl halides is 1. The van der Waals surface area contributed by atoms with E-state index < -0.39 is 5.67 Å². The molecule has 0 aromatic rings. The normalized spacial score (nSPS) is 50.5. The number of piperidine rings is 1. The lowest BCUT2D eigenvalue weighted by Gasteiger charge is -2.44. The van der Waals surface area contributed by atoms with Gasteiger partial charge >= 0.3 is 0 Å². The minimum atomic E-state index is -0.782. The van der Waals surface area contributed by atoms with Crippen molar-refractivity contribution in [1.82, 2.24) is 5.32 Å². The summed E-state index contributed by atoms with van der Waals surface area (Å²) in [4.78, 5) is 0. The summed E-state index contributed by atoms with van der Waals surface area (Å²) in [5, 5.41) is 3.51. The second kappa shape index (κ2) is 2.69. The first-order chi connectivity index (χ1) is 6.26. The number of rotatable bonds is 1. The van der Waals surface area contributed by atoms with Crippen LogP contribution >= 0.6 is 0 Å². The van der Waals surface area contributed by atoms with E-state index in [2.05, 4.69) is 5.32 Å². The first-order valence-corrected chi connectivity index (χ1v) is 5.71. The van der Waals surface area contributed by atoms with E-state index in [1.165, 1.54) is 19.3 Å². The third kappa shape index (κ3) is 1.22. The minimum absolute atomic E-state index is 0.415. The van der Waals surface area contributed by atoms with Crippen molar-refractivity contribution in [3.05, 3.63) is 0 Å². The Morgan fingerprint density at radius 3 is 2.08 bits per heavy atom. The van der Waals surface area contributed by atoms with Gasteiger partial charge in [-0.05, 0) is 44.4 Å².